The second kappa shape index (κ2) is 6.24. The minimum atomic E-state index is -2.58. The summed E-state index contributed by atoms with van der Waals surface area (Å²) in [6.07, 6.45) is 1.63. The maximum atomic E-state index is 13.1. The van der Waals surface area contributed by atoms with Gasteiger partial charge in [-0.05, 0) is 25.0 Å². The van der Waals surface area contributed by atoms with Gasteiger partial charge < -0.3 is 19.4 Å². The molecule has 122 valence electrons. The quantitative estimate of drug-likeness (QED) is 0.913. The number of halogens is 2. The zero-order valence-corrected chi connectivity index (χ0v) is 12.3. The number of furan rings is 1. The van der Waals surface area contributed by atoms with Crippen LogP contribution in [0.25, 0.3) is 0 Å². The molecule has 0 aromatic carbocycles. The van der Waals surface area contributed by atoms with Crippen LogP contribution in [0, 0.1) is 0 Å². The predicted molar refractivity (Wildman–Crippen MR) is 74.7 cm³/mol. The molecule has 1 aromatic rings. The molecular formula is C15H20F2N2O3. The van der Waals surface area contributed by atoms with Gasteiger partial charge in [-0.3, -0.25) is 0 Å². The molecule has 3 rings (SSSR count). The van der Waals surface area contributed by atoms with Crippen LogP contribution in [0.15, 0.2) is 22.8 Å². The molecule has 2 fully saturated rings. The van der Waals surface area contributed by atoms with E-state index in [2.05, 4.69) is 5.32 Å². The second-order valence-electron chi connectivity index (χ2n) is 5.90. The summed E-state index contributed by atoms with van der Waals surface area (Å²) in [5, 5.41) is 2.86. The lowest BCUT2D eigenvalue weighted by atomic mass is 9.92. The third-order valence-corrected chi connectivity index (χ3v) is 4.26. The molecule has 2 aliphatic rings. The van der Waals surface area contributed by atoms with E-state index in [0.29, 0.717) is 38.3 Å². The lowest BCUT2D eigenvalue weighted by Gasteiger charge is -2.35. The van der Waals surface area contributed by atoms with Crippen LogP contribution < -0.4 is 5.32 Å². The Hall–Kier alpha value is -1.63. The molecule has 2 amide bonds. The number of hydrogen-bond acceptors (Lipinski definition) is 3. The Morgan fingerprint density at radius 3 is 2.82 bits per heavy atom. The Bertz CT molecular complexity index is 497. The van der Waals surface area contributed by atoms with Gasteiger partial charge in [-0.2, -0.15) is 0 Å². The Balaban J connectivity index is 1.52. The highest BCUT2D eigenvalue weighted by Crippen LogP contribution is 2.33. The van der Waals surface area contributed by atoms with Gasteiger partial charge >= 0.3 is 6.03 Å². The highest BCUT2D eigenvalue weighted by atomic mass is 19.3. The summed E-state index contributed by atoms with van der Waals surface area (Å²) in [6.45, 7) is 1.33. The highest BCUT2D eigenvalue weighted by Gasteiger charge is 2.36. The normalized spacial score (nSPS) is 25.9. The molecule has 0 radical (unpaired) electrons. The second-order valence-corrected chi connectivity index (χ2v) is 5.90. The molecular weight excluding hydrogens is 294 g/mol. The van der Waals surface area contributed by atoms with Crippen LogP contribution >= 0.6 is 0 Å². The Morgan fingerprint density at radius 2 is 2.14 bits per heavy atom. The lowest BCUT2D eigenvalue weighted by molar-refractivity contribution is -0.0419. The van der Waals surface area contributed by atoms with Crippen molar-refractivity contribution in [2.75, 3.05) is 19.7 Å². The molecule has 0 spiro atoms. The highest BCUT2D eigenvalue weighted by molar-refractivity contribution is 5.74. The molecule has 1 atom stereocenters. The molecule has 22 heavy (non-hydrogen) atoms. The van der Waals surface area contributed by atoms with Crippen molar-refractivity contribution >= 4 is 6.03 Å². The Kier molecular flexibility index (Phi) is 4.33. The van der Waals surface area contributed by atoms with E-state index in [4.69, 9.17) is 9.15 Å². The van der Waals surface area contributed by atoms with Crippen molar-refractivity contribution in [1.82, 2.24) is 10.2 Å². The van der Waals surface area contributed by atoms with Crippen LogP contribution in [-0.4, -0.2) is 42.6 Å². The largest absolute Gasteiger partial charge is 0.467 e. The SMILES string of the molecule is O=C(NC1CCC(F)(F)CC1)N1CCOC(c2ccco2)C1. The molecule has 1 unspecified atom stereocenters. The third-order valence-electron chi connectivity index (χ3n) is 4.26. The van der Waals surface area contributed by atoms with Crippen molar-refractivity contribution in [2.45, 2.75) is 43.8 Å². The first-order valence-electron chi connectivity index (χ1n) is 7.62. The fourth-order valence-electron chi connectivity index (χ4n) is 2.93. The summed E-state index contributed by atoms with van der Waals surface area (Å²) in [5.41, 5.74) is 0. The number of carbonyl (C=O) groups is 1. The average Bonchev–Trinajstić information content (AvgIpc) is 3.04. The van der Waals surface area contributed by atoms with Crippen molar-refractivity contribution < 1.29 is 22.7 Å². The van der Waals surface area contributed by atoms with Gasteiger partial charge in [0.1, 0.15) is 11.9 Å². The van der Waals surface area contributed by atoms with Crippen molar-refractivity contribution in [3.8, 4) is 0 Å². The summed E-state index contributed by atoms with van der Waals surface area (Å²) in [7, 11) is 0. The average molecular weight is 314 g/mol. The van der Waals surface area contributed by atoms with Crippen LogP contribution in [0.3, 0.4) is 0 Å². The number of nitrogens with one attached hydrogen (secondary N) is 1. The van der Waals surface area contributed by atoms with Crippen LogP contribution in [0.2, 0.25) is 0 Å². The van der Waals surface area contributed by atoms with E-state index in [1.54, 1.807) is 17.2 Å². The minimum absolute atomic E-state index is 0.157. The van der Waals surface area contributed by atoms with Crippen LogP contribution in [-0.2, 0) is 4.74 Å². The Labute approximate surface area is 127 Å². The summed E-state index contributed by atoms with van der Waals surface area (Å²) >= 11 is 0. The first kappa shape index (κ1) is 15.3. The molecule has 1 saturated heterocycles. The van der Waals surface area contributed by atoms with Crippen molar-refractivity contribution in [2.24, 2.45) is 0 Å². The number of ether oxygens (including phenoxy) is 1. The molecule has 1 aromatic heterocycles. The lowest BCUT2D eigenvalue weighted by Crippen LogP contribution is -2.51. The fourth-order valence-corrected chi connectivity index (χ4v) is 2.93. The number of nitrogens with zero attached hydrogens (tertiary/aromatic N) is 1. The predicted octanol–water partition coefficient (Wildman–Crippen LogP) is 2.94. The van der Waals surface area contributed by atoms with E-state index in [1.807, 2.05) is 6.07 Å². The van der Waals surface area contributed by atoms with E-state index in [0.717, 1.165) is 0 Å². The molecule has 1 aliphatic carbocycles. The minimum Gasteiger partial charge on any atom is -0.467 e. The van der Waals surface area contributed by atoms with Crippen LogP contribution in [0.4, 0.5) is 13.6 Å². The standard InChI is InChI=1S/C15H20F2N2O3/c16-15(17)5-3-11(4-6-15)18-14(20)19-7-9-22-13(10-19)12-2-1-8-21-12/h1-2,8,11,13H,3-7,9-10H2,(H,18,20). The van der Waals surface area contributed by atoms with E-state index in [1.165, 1.54) is 0 Å². The number of hydrogen-bond donors (Lipinski definition) is 1. The fraction of sp³-hybridized carbons (Fsp3) is 0.667. The first-order chi connectivity index (χ1) is 10.5. The summed E-state index contributed by atoms with van der Waals surface area (Å²) < 4.78 is 37.2. The zero-order chi connectivity index (χ0) is 15.6. The summed E-state index contributed by atoms with van der Waals surface area (Å²) in [6, 6.07) is 3.21. The first-order valence-corrected chi connectivity index (χ1v) is 7.62. The zero-order valence-electron chi connectivity index (χ0n) is 12.3. The van der Waals surface area contributed by atoms with Gasteiger partial charge in [0.15, 0.2) is 0 Å². The molecule has 1 aliphatic heterocycles. The topological polar surface area (TPSA) is 54.7 Å². The number of urea groups is 1. The van der Waals surface area contributed by atoms with Crippen molar-refractivity contribution in [1.29, 1.82) is 0 Å². The maximum absolute atomic E-state index is 13.1. The van der Waals surface area contributed by atoms with Crippen LogP contribution in [0.1, 0.15) is 37.5 Å². The van der Waals surface area contributed by atoms with Gasteiger partial charge in [-0.25, -0.2) is 13.6 Å². The van der Waals surface area contributed by atoms with Crippen LogP contribution in [0.5, 0.6) is 0 Å². The maximum Gasteiger partial charge on any atom is 0.317 e. The van der Waals surface area contributed by atoms with Gasteiger partial charge in [0.05, 0.1) is 19.4 Å². The summed E-state index contributed by atoms with van der Waals surface area (Å²) in [4.78, 5) is 13.9. The van der Waals surface area contributed by atoms with E-state index < -0.39 is 5.92 Å². The number of morpholine rings is 1. The molecule has 0 bridgehead atoms. The van der Waals surface area contributed by atoms with Gasteiger partial charge in [0.25, 0.3) is 0 Å². The monoisotopic (exact) mass is 314 g/mol. The van der Waals surface area contributed by atoms with E-state index >= 15 is 0 Å². The molecule has 1 saturated carbocycles. The van der Waals surface area contributed by atoms with Crippen molar-refractivity contribution in [3.05, 3.63) is 24.2 Å². The van der Waals surface area contributed by atoms with E-state index in [9.17, 15) is 13.6 Å². The molecule has 7 heteroatoms. The number of carbonyl (C=O) groups excluding carboxylic acids is 1. The number of alkyl halides is 2. The van der Waals surface area contributed by atoms with E-state index in [-0.39, 0.29) is 31.0 Å². The van der Waals surface area contributed by atoms with Crippen molar-refractivity contribution in [3.63, 3.8) is 0 Å². The molecule has 2 heterocycles. The van der Waals surface area contributed by atoms with Gasteiger partial charge in [-0.1, -0.05) is 0 Å². The molecule has 5 nitrogen and oxygen atoms in total. The van der Waals surface area contributed by atoms with Gasteiger partial charge in [0.2, 0.25) is 5.92 Å². The summed E-state index contributed by atoms with van der Waals surface area (Å²) in [5.74, 6) is -1.89. The number of amides is 2. The van der Waals surface area contributed by atoms with Gasteiger partial charge in [-0.15, -0.1) is 0 Å². The smallest absolute Gasteiger partial charge is 0.317 e. The third kappa shape index (κ3) is 3.58. The number of rotatable bonds is 2. The Morgan fingerprint density at radius 1 is 1.36 bits per heavy atom. The molecule has 1 N–H and O–H groups in total. The van der Waals surface area contributed by atoms with Gasteiger partial charge in [0, 0.05) is 25.4 Å².